The third kappa shape index (κ3) is 3.12. The van der Waals surface area contributed by atoms with E-state index in [1.54, 1.807) is 0 Å². The molecule has 1 aromatic rings. The predicted octanol–water partition coefficient (Wildman–Crippen LogP) is 2.93. The average molecular weight is 290 g/mol. The maximum Gasteiger partial charge on any atom is 0.276 e. The molecule has 5 heteroatoms. The zero-order chi connectivity index (χ0) is 15.8. The lowest BCUT2D eigenvalue weighted by Crippen LogP contribution is -2.36. The summed E-state index contributed by atoms with van der Waals surface area (Å²) in [5.74, 6) is 0.146. The van der Waals surface area contributed by atoms with Crippen molar-refractivity contribution in [3.8, 4) is 0 Å². The van der Waals surface area contributed by atoms with E-state index in [9.17, 15) is 4.79 Å². The van der Waals surface area contributed by atoms with Crippen LogP contribution in [0.4, 0.5) is 5.69 Å². The first-order chi connectivity index (χ1) is 9.71. The minimum absolute atomic E-state index is 0.0835. The molecule has 2 rings (SSSR count). The number of carbonyl (C=O) groups is 1. The molecule has 1 aliphatic heterocycles. The van der Waals surface area contributed by atoms with Crippen molar-refractivity contribution < 1.29 is 4.79 Å². The van der Waals surface area contributed by atoms with E-state index in [-0.39, 0.29) is 17.2 Å². The number of nitrogen functional groups attached to an aromatic ring is 1. The highest BCUT2D eigenvalue weighted by atomic mass is 16.2. The van der Waals surface area contributed by atoms with Crippen molar-refractivity contribution in [1.29, 1.82) is 0 Å². The number of amides is 1. The van der Waals surface area contributed by atoms with Gasteiger partial charge in [0.1, 0.15) is 0 Å². The second-order valence-electron chi connectivity index (χ2n) is 7.03. The molecule has 3 N–H and O–H groups in total. The molecule has 1 amide bonds. The van der Waals surface area contributed by atoms with Gasteiger partial charge in [0.05, 0.1) is 11.4 Å². The Labute approximate surface area is 126 Å². The van der Waals surface area contributed by atoms with Gasteiger partial charge < -0.3 is 10.6 Å². The number of aromatic amines is 1. The monoisotopic (exact) mass is 290 g/mol. The number of hydrogen-bond donors (Lipinski definition) is 2. The molecular weight excluding hydrogens is 264 g/mol. The van der Waals surface area contributed by atoms with Crippen molar-refractivity contribution in [2.45, 2.75) is 47.0 Å². The SMILES string of the molecule is CC(C)c1[nH]nc(C(=O)N2CC=C(C(C)(C)C)CC2)c1N. The largest absolute Gasteiger partial charge is 0.395 e. The first-order valence-corrected chi connectivity index (χ1v) is 7.54. The van der Waals surface area contributed by atoms with Gasteiger partial charge in [-0.25, -0.2) is 0 Å². The Morgan fingerprint density at radius 2 is 2.10 bits per heavy atom. The van der Waals surface area contributed by atoms with E-state index in [1.165, 1.54) is 5.57 Å². The molecule has 5 nitrogen and oxygen atoms in total. The molecule has 21 heavy (non-hydrogen) atoms. The molecule has 0 saturated heterocycles. The van der Waals surface area contributed by atoms with Crippen molar-refractivity contribution in [2.24, 2.45) is 5.41 Å². The zero-order valence-corrected chi connectivity index (χ0v) is 13.7. The number of carbonyl (C=O) groups excluding carboxylic acids is 1. The first kappa shape index (κ1) is 15.6. The number of aromatic nitrogens is 2. The molecule has 0 spiro atoms. The molecular formula is C16H26N4O. The third-order valence-corrected chi connectivity index (χ3v) is 4.07. The Balaban J connectivity index is 2.14. The van der Waals surface area contributed by atoms with Crippen LogP contribution < -0.4 is 5.73 Å². The van der Waals surface area contributed by atoms with Crippen LogP contribution in [0, 0.1) is 5.41 Å². The highest BCUT2D eigenvalue weighted by molar-refractivity contribution is 5.97. The maximum absolute atomic E-state index is 12.5. The van der Waals surface area contributed by atoms with Gasteiger partial charge in [0.25, 0.3) is 5.91 Å². The molecule has 0 unspecified atom stereocenters. The van der Waals surface area contributed by atoms with Gasteiger partial charge in [-0.3, -0.25) is 9.89 Å². The molecule has 0 aromatic carbocycles. The number of rotatable bonds is 2. The summed E-state index contributed by atoms with van der Waals surface area (Å²) in [5.41, 5.74) is 9.30. The van der Waals surface area contributed by atoms with Gasteiger partial charge in [-0.05, 0) is 17.8 Å². The van der Waals surface area contributed by atoms with Crippen LogP contribution in [0.15, 0.2) is 11.6 Å². The molecule has 0 saturated carbocycles. The Hall–Kier alpha value is -1.78. The summed E-state index contributed by atoms with van der Waals surface area (Å²) in [7, 11) is 0. The zero-order valence-electron chi connectivity index (χ0n) is 13.7. The van der Waals surface area contributed by atoms with Gasteiger partial charge in [0.15, 0.2) is 5.69 Å². The van der Waals surface area contributed by atoms with E-state index >= 15 is 0 Å². The molecule has 0 aliphatic carbocycles. The standard InChI is InChI=1S/C16H26N4O/c1-10(2)13-12(17)14(19-18-13)15(21)20-8-6-11(7-9-20)16(3,4)5/h6,10H,7-9,17H2,1-5H3,(H,18,19). The Kier molecular flexibility index (Phi) is 4.12. The fraction of sp³-hybridized carbons (Fsp3) is 0.625. The average Bonchev–Trinajstić information content (AvgIpc) is 2.79. The second-order valence-corrected chi connectivity index (χ2v) is 7.03. The molecule has 2 heterocycles. The summed E-state index contributed by atoms with van der Waals surface area (Å²) < 4.78 is 0. The fourth-order valence-electron chi connectivity index (χ4n) is 2.65. The van der Waals surface area contributed by atoms with Gasteiger partial charge >= 0.3 is 0 Å². The van der Waals surface area contributed by atoms with Crippen molar-refractivity contribution in [1.82, 2.24) is 15.1 Å². The van der Waals surface area contributed by atoms with Crippen molar-refractivity contribution in [2.75, 3.05) is 18.8 Å². The third-order valence-electron chi connectivity index (χ3n) is 4.07. The lowest BCUT2D eigenvalue weighted by atomic mass is 9.83. The number of nitrogens with zero attached hydrogens (tertiary/aromatic N) is 2. The summed E-state index contributed by atoms with van der Waals surface area (Å²) in [5, 5.41) is 7.01. The van der Waals surface area contributed by atoms with Crippen LogP contribution in [-0.4, -0.2) is 34.1 Å². The van der Waals surface area contributed by atoms with Gasteiger partial charge in [0, 0.05) is 13.1 Å². The van der Waals surface area contributed by atoms with Crippen molar-refractivity contribution >= 4 is 11.6 Å². The van der Waals surface area contributed by atoms with Crippen LogP contribution in [0.1, 0.15) is 63.1 Å². The van der Waals surface area contributed by atoms with Gasteiger partial charge in [-0.15, -0.1) is 0 Å². The Bertz CT molecular complexity index is 563. The highest BCUT2D eigenvalue weighted by Gasteiger charge is 2.27. The smallest absolute Gasteiger partial charge is 0.276 e. The first-order valence-electron chi connectivity index (χ1n) is 7.54. The van der Waals surface area contributed by atoms with E-state index in [1.807, 2.05) is 18.7 Å². The Morgan fingerprint density at radius 1 is 1.43 bits per heavy atom. The van der Waals surface area contributed by atoms with E-state index in [2.05, 4.69) is 37.0 Å². The lowest BCUT2D eigenvalue weighted by molar-refractivity contribution is 0.0760. The van der Waals surface area contributed by atoms with Gasteiger partial charge in [-0.1, -0.05) is 46.3 Å². The van der Waals surface area contributed by atoms with Crippen LogP contribution in [-0.2, 0) is 0 Å². The fourth-order valence-corrected chi connectivity index (χ4v) is 2.65. The lowest BCUT2D eigenvalue weighted by Gasteiger charge is -2.32. The minimum Gasteiger partial charge on any atom is -0.395 e. The molecule has 0 bridgehead atoms. The number of hydrogen-bond acceptors (Lipinski definition) is 3. The predicted molar refractivity (Wildman–Crippen MR) is 85.1 cm³/mol. The van der Waals surface area contributed by atoms with E-state index in [0.29, 0.717) is 17.9 Å². The Morgan fingerprint density at radius 3 is 2.52 bits per heavy atom. The molecule has 0 fully saturated rings. The van der Waals surface area contributed by atoms with Gasteiger partial charge in [-0.2, -0.15) is 5.10 Å². The maximum atomic E-state index is 12.5. The van der Waals surface area contributed by atoms with Crippen LogP contribution in [0.25, 0.3) is 0 Å². The highest BCUT2D eigenvalue weighted by Crippen LogP contribution is 2.31. The normalized spacial score (nSPS) is 16.3. The molecule has 116 valence electrons. The summed E-state index contributed by atoms with van der Waals surface area (Å²) in [4.78, 5) is 14.4. The van der Waals surface area contributed by atoms with Crippen molar-refractivity contribution in [3.63, 3.8) is 0 Å². The van der Waals surface area contributed by atoms with Crippen LogP contribution in [0.3, 0.4) is 0 Å². The number of nitrogens with one attached hydrogen (secondary N) is 1. The topological polar surface area (TPSA) is 75.0 Å². The molecule has 1 aromatic heterocycles. The summed E-state index contributed by atoms with van der Waals surface area (Å²) in [6, 6.07) is 0. The number of H-pyrrole nitrogens is 1. The van der Waals surface area contributed by atoms with Gasteiger partial charge in [0.2, 0.25) is 0 Å². The van der Waals surface area contributed by atoms with Crippen LogP contribution >= 0.6 is 0 Å². The second kappa shape index (κ2) is 5.54. The van der Waals surface area contributed by atoms with E-state index in [0.717, 1.165) is 18.7 Å². The minimum atomic E-state index is -0.0835. The summed E-state index contributed by atoms with van der Waals surface area (Å²) in [6.45, 7) is 12.0. The van der Waals surface area contributed by atoms with Crippen LogP contribution in [0.5, 0.6) is 0 Å². The molecule has 0 atom stereocenters. The summed E-state index contributed by atoms with van der Waals surface area (Å²) >= 11 is 0. The number of nitrogens with two attached hydrogens (primary N) is 1. The van der Waals surface area contributed by atoms with E-state index in [4.69, 9.17) is 5.73 Å². The molecule has 1 aliphatic rings. The van der Waals surface area contributed by atoms with Crippen LogP contribution in [0.2, 0.25) is 0 Å². The number of anilines is 1. The van der Waals surface area contributed by atoms with Crippen molar-refractivity contribution in [3.05, 3.63) is 23.0 Å². The molecule has 0 radical (unpaired) electrons. The quantitative estimate of drug-likeness (QED) is 0.822. The summed E-state index contributed by atoms with van der Waals surface area (Å²) in [6.07, 6.45) is 3.07. The van der Waals surface area contributed by atoms with E-state index < -0.39 is 0 Å².